The summed E-state index contributed by atoms with van der Waals surface area (Å²) >= 11 is 5.86. The van der Waals surface area contributed by atoms with Crippen molar-refractivity contribution >= 4 is 29.0 Å². The number of nitrogens with one attached hydrogen (secondary N) is 1. The van der Waals surface area contributed by atoms with Crippen LogP contribution >= 0.6 is 11.6 Å². The molecule has 3 aromatic heterocycles. The Morgan fingerprint density at radius 3 is 2.75 bits per heavy atom. The van der Waals surface area contributed by atoms with E-state index in [4.69, 9.17) is 11.6 Å². The smallest absolute Gasteiger partial charge is 0.306 e. The molecule has 3 heterocycles. The molecule has 4 rings (SSSR count). The molecule has 142 valence electrons. The number of amides is 1. The van der Waals surface area contributed by atoms with E-state index in [1.54, 1.807) is 6.20 Å². The Morgan fingerprint density at radius 1 is 1.14 bits per heavy atom. The number of anilines is 1. The molecule has 7 nitrogen and oxygen atoms in total. The highest BCUT2D eigenvalue weighted by Crippen LogP contribution is 2.30. The fraction of sp³-hybridized carbons (Fsp3) is 0.0588. The van der Waals surface area contributed by atoms with Gasteiger partial charge in [0.25, 0.3) is 5.91 Å². The van der Waals surface area contributed by atoms with Gasteiger partial charge in [-0.3, -0.25) is 4.79 Å². The van der Waals surface area contributed by atoms with E-state index in [9.17, 15) is 18.0 Å². The van der Waals surface area contributed by atoms with Crippen molar-refractivity contribution in [2.24, 2.45) is 0 Å². The molecule has 0 atom stereocenters. The van der Waals surface area contributed by atoms with E-state index >= 15 is 0 Å². The van der Waals surface area contributed by atoms with E-state index in [0.717, 1.165) is 12.1 Å². The lowest BCUT2D eigenvalue weighted by molar-refractivity contribution is -0.137. The minimum Gasteiger partial charge on any atom is -0.306 e. The lowest BCUT2D eigenvalue weighted by atomic mass is 10.2. The molecule has 1 amide bonds. The fourth-order valence-corrected chi connectivity index (χ4v) is 2.74. The van der Waals surface area contributed by atoms with Crippen LogP contribution in [-0.2, 0) is 6.18 Å². The quantitative estimate of drug-likeness (QED) is 0.524. The average molecular weight is 407 g/mol. The topological polar surface area (TPSA) is 77.1 Å². The molecule has 0 aliphatic rings. The molecule has 0 aliphatic heterocycles. The first kappa shape index (κ1) is 18.0. The maximum Gasteiger partial charge on any atom is 0.416 e. The van der Waals surface area contributed by atoms with Gasteiger partial charge >= 0.3 is 6.18 Å². The van der Waals surface area contributed by atoms with E-state index in [2.05, 4.69) is 20.5 Å². The molecule has 0 spiro atoms. The number of halogens is 4. The molecule has 0 bridgehead atoms. The van der Waals surface area contributed by atoms with Crippen LogP contribution in [0.15, 0.2) is 55.0 Å². The largest absolute Gasteiger partial charge is 0.416 e. The zero-order chi connectivity index (χ0) is 19.9. The first-order chi connectivity index (χ1) is 13.3. The number of hydrogen-bond acceptors (Lipinski definition) is 4. The van der Waals surface area contributed by atoms with Crippen LogP contribution in [0.3, 0.4) is 0 Å². The minimum atomic E-state index is -4.49. The SMILES string of the molecule is O=C(Nc1ccnn1-c1cccc(C(F)(F)F)c1)c1cnn2ccc(Cl)nc12. The standard InChI is InChI=1S/C17H10ClF3N6O/c18-13-5-7-26-15(24-13)12(9-23-26)16(28)25-14-4-6-22-27(14)11-3-1-2-10(8-11)17(19,20)21/h1-9H,(H,25,28). The summed E-state index contributed by atoms with van der Waals surface area (Å²) in [5.74, 6) is -0.371. The van der Waals surface area contributed by atoms with Crippen LogP contribution in [0.2, 0.25) is 5.15 Å². The molecule has 11 heteroatoms. The molecule has 0 unspecified atom stereocenters. The lowest BCUT2D eigenvalue weighted by Gasteiger charge is -2.11. The van der Waals surface area contributed by atoms with Gasteiger partial charge in [-0.2, -0.15) is 23.4 Å². The van der Waals surface area contributed by atoms with Crippen LogP contribution < -0.4 is 5.32 Å². The third-order valence-electron chi connectivity index (χ3n) is 3.88. The van der Waals surface area contributed by atoms with E-state index in [1.807, 2.05) is 0 Å². The molecular formula is C17H10ClF3N6O. The van der Waals surface area contributed by atoms with Crippen LogP contribution in [0.1, 0.15) is 15.9 Å². The summed E-state index contributed by atoms with van der Waals surface area (Å²) in [5, 5.41) is 10.8. The number of alkyl halides is 3. The van der Waals surface area contributed by atoms with Gasteiger partial charge in [-0.25, -0.2) is 14.2 Å². The summed E-state index contributed by atoms with van der Waals surface area (Å²) in [7, 11) is 0. The Kier molecular flexibility index (Phi) is 4.27. The van der Waals surface area contributed by atoms with E-state index in [-0.39, 0.29) is 27.9 Å². The van der Waals surface area contributed by atoms with Crippen LogP contribution in [0.4, 0.5) is 19.0 Å². The highest BCUT2D eigenvalue weighted by atomic mass is 35.5. The Morgan fingerprint density at radius 2 is 1.96 bits per heavy atom. The Balaban J connectivity index is 1.66. The van der Waals surface area contributed by atoms with Crippen molar-refractivity contribution < 1.29 is 18.0 Å². The predicted molar refractivity (Wildman–Crippen MR) is 94.5 cm³/mol. The van der Waals surface area contributed by atoms with Gasteiger partial charge in [0.2, 0.25) is 0 Å². The summed E-state index contributed by atoms with van der Waals surface area (Å²) in [6.45, 7) is 0. The van der Waals surface area contributed by atoms with Gasteiger partial charge in [0.05, 0.1) is 23.6 Å². The van der Waals surface area contributed by atoms with Crippen molar-refractivity contribution in [2.75, 3.05) is 5.32 Å². The summed E-state index contributed by atoms with van der Waals surface area (Å²) in [6, 6.07) is 7.60. The summed E-state index contributed by atoms with van der Waals surface area (Å²) < 4.78 is 41.5. The highest BCUT2D eigenvalue weighted by Gasteiger charge is 2.30. The predicted octanol–water partition coefficient (Wildman–Crippen LogP) is 3.84. The molecular weight excluding hydrogens is 397 g/mol. The lowest BCUT2D eigenvalue weighted by Crippen LogP contribution is -2.15. The molecule has 4 aromatic rings. The Hall–Kier alpha value is -3.40. The molecule has 0 radical (unpaired) electrons. The Bertz CT molecular complexity index is 1180. The maximum absolute atomic E-state index is 13.0. The van der Waals surface area contributed by atoms with Crippen molar-refractivity contribution in [1.82, 2.24) is 24.4 Å². The van der Waals surface area contributed by atoms with Crippen LogP contribution in [-0.4, -0.2) is 30.3 Å². The summed E-state index contributed by atoms with van der Waals surface area (Å²) in [4.78, 5) is 16.7. The van der Waals surface area contributed by atoms with Crippen molar-refractivity contribution in [1.29, 1.82) is 0 Å². The normalized spacial score (nSPS) is 11.7. The third-order valence-corrected chi connectivity index (χ3v) is 4.09. The monoisotopic (exact) mass is 406 g/mol. The number of carbonyl (C=O) groups excluding carboxylic acids is 1. The van der Waals surface area contributed by atoms with E-state index in [1.165, 1.54) is 45.9 Å². The second kappa shape index (κ2) is 6.64. The molecule has 0 saturated carbocycles. The average Bonchev–Trinajstić information content (AvgIpc) is 3.27. The number of rotatable bonds is 3. The highest BCUT2D eigenvalue weighted by molar-refractivity contribution is 6.29. The number of aromatic nitrogens is 5. The first-order valence-electron chi connectivity index (χ1n) is 7.86. The zero-order valence-electron chi connectivity index (χ0n) is 13.9. The van der Waals surface area contributed by atoms with Crippen LogP contribution in [0.25, 0.3) is 11.3 Å². The van der Waals surface area contributed by atoms with E-state index in [0.29, 0.717) is 0 Å². The van der Waals surface area contributed by atoms with Gasteiger partial charge in [0, 0.05) is 12.3 Å². The zero-order valence-corrected chi connectivity index (χ0v) is 14.6. The van der Waals surface area contributed by atoms with Crippen molar-refractivity contribution in [3.8, 4) is 5.69 Å². The maximum atomic E-state index is 13.0. The molecule has 1 aromatic carbocycles. The molecule has 0 aliphatic carbocycles. The van der Waals surface area contributed by atoms with Gasteiger partial charge < -0.3 is 5.32 Å². The van der Waals surface area contributed by atoms with Gasteiger partial charge in [-0.1, -0.05) is 17.7 Å². The van der Waals surface area contributed by atoms with E-state index < -0.39 is 17.6 Å². The van der Waals surface area contributed by atoms with Gasteiger partial charge in [-0.15, -0.1) is 0 Å². The molecule has 0 fully saturated rings. The number of carbonyl (C=O) groups is 1. The van der Waals surface area contributed by atoms with Gasteiger partial charge in [0.1, 0.15) is 16.5 Å². The summed E-state index contributed by atoms with van der Waals surface area (Å²) in [5.41, 5.74) is -0.273. The Labute approximate surface area is 160 Å². The molecule has 28 heavy (non-hydrogen) atoms. The van der Waals surface area contributed by atoms with Crippen molar-refractivity contribution in [3.05, 3.63) is 71.3 Å². The second-order valence-electron chi connectivity index (χ2n) is 5.71. The van der Waals surface area contributed by atoms with Crippen LogP contribution in [0.5, 0.6) is 0 Å². The van der Waals surface area contributed by atoms with Crippen LogP contribution in [0, 0.1) is 0 Å². The van der Waals surface area contributed by atoms with Crippen molar-refractivity contribution in [3.63, 3.8) is 0 Å². The van der Waals surface area contributed by atoms with Gasteiger partial charge in [0.15, 0.2) is 5.65 Å². The minimum absolute atomic E-state index is 0.149. The number of benzene rings is 1. The first-order valence-corrected chi connectivity index (χ1v) is 8.23. The fourth-order valence-electron chi connectivity index (χ4n) is 2.61. The van der Waals surface area contributed by atoms with Crippen molar-refractivity contribution in [2.45, 2.75) is 6.18 Å². The number of hydrogen-bond donors (Lipinski definition) is 1. The van der Waals surface area contributed by atoms with Gasteiger partial charge in [-0.05, 0) is 24.3 Å². The second-order valence-corrected chi connectivity index (χ2v) is 6.09. The molecule has 1 N–H and O–H groups in total. The summed E-state index contributed by atoms with van der Waals surface area (Å²) in [6.07, 6.45) is -0.261. The number of nitrogens with zero attached hydrogens (tertiary/aromatic N) is 5. The molecule has 0 saturated heterocycles. The third kappa shape index (κ3) is 3.29. The number of fused-ring (bicyclic) bond motifs is 1.